The summed E-state index contributed by atoms with van der Waals surface area (Å²) in [5.74, 6) is 1.19. The second kappa shape index (κ2) is 10.4. The Morgan fingerprint density at radius 1 is 1.11 bits per heavy atom. The first-order valence-corrected chi connectivity index (χ1v) is 9.04. The molecule has 1 aliphatic rings. The van der Waals surface area contributed by atoms with Crippen molar-refractivity contribution in [2.45, 2.75) is 12.8 Å². The van der Waals surface area contributed by atoms with E-state index in [1.54, 1.807) is 38.4 Å². The molecule has 1 aliphatic heterocycles. The topological polar surface area (TPSA) is 92.3 Å². The molecule has 1 aromatic rings. The van der Waals surface area contributed by atoms with Gasteiger partial charge in [-0.05, 0) is 37.1 Å². The predicted octanol–water partition coefficient (Wildman–Crippen LogP) is 0.885. The number of esters is 1. The molecule has 0 atom stereocenters. The lowest BCUT2D eigenvalue weighted by Crippen LogP contribution is -2.48. The molecule has 8 nitrogen and oxygen atoms in total. The zero-order valence-corrected chi connectivity index (χ0v) is 16.2. The van der Waals surface area contributed by atoms with Crippen molar-refractivity contribution in [3.63, 3.8) is 0 Å². The molecule has 1 fully saturated rings. The molecule has 8 heteroatoms. The Morgan fingerprint density at radius 3 is 2.30 bits per heavy atom. The lowest BCUT2D eigenvalue weighted by Gasteiger charge is -2.33. The number of hydrogen-bond acceptors (Lipinski definition) is 5. The molecule has 148 valence electrons. The number of rotatable bonds is 6. The molecule has 1 saturated heterocycles. The van der Waals surface area contributed by atoms with Gasteiger partial charge in [0.25, 0.3) is 5.91 Å². The second-order valence-corrected chi connectivity index (χ2v) is 6.24. The smallest absolute Gasteiger partial charge is 0.308 e. The minimum absolute atomic E-state index is 0.0341. The Labute approximate surface area is 159 Å². The molecular formula is C19H28N4O4. The van der Waals surface area contributed by atoms with Gasteiger partial charge >= 0.3 is 5.97 Å². The van der Waals surface area contributed by atoms with Gasteiger partial charge in [-0.1, -0.05) is 0 Å². The average molecular weight is 376 g/mol. The van der Waals surface area contributed by atoms with Gasteiger partial charge in [-0.3, -0.25) is 14.6 Å². The molecule has 0 aromatic heterocycles. The van der Waals surface area contributed by atoms with Gasteiger partial charge in [-0.25, -0.2) is 0 Å². The number of nitrogens with zero attached hydrogens (tertiary/aromatic N) is 2. The third kappa shape index (κ3) is 5.87. The number of methoxy groups -OCH3 is 2. The van der Waals surface area contributed by atoms with Crippen molar-refractivity contribution in [2.24, 2.45) is 10.9 Å². The van der Waals surface area contributed by atoms with Crippen LogP contribution in [-0.2, 0) is 9.53 Å². The summed E-state index contributed by atoms with van der Waals surface area (Å²) in [4.78, 5) is 30.1. The molecule has 0 saturated carbocycles. The fourth-order valence-corrected chi connectivity index (χ4v) is 3.02. The van der Waals surface area contributed by atoms with Crippen molar-refractivity contribution >= 4 is 17.8 Å². The van der Waals surface area contributed by atoms with Crippen molar-refractivity contribution < 1.29 is 19.1 Å². The lowest BCUT2D eigenvalue weighted by atomic mass is 9.97. The van der Waals surface area contributed by atoms with Crippen molar-refractivity contribution in [3.05, 3.63) is 29.8 Å². The molecule has 0 unspecified atom stereocenters. The van der Waals surface area contributed by atoms with E-state index in [-0.39, 0.29) is 17.8 Å². The van der Waals surface area contributed by atoms with E-state index in [0.29, 0.717) is 24.4 Å². The highest BCUT2D eigenvalue weighted by molar-refractivity contribution is 5.94. The van der Waals surface area contributed by atoms with Crippen LogP contribution in [0.25, 0.3) is 0 Å². The zero-order valence-electron chi connectivity index (χ0n) is 16.2. The van der Waals surface area contributed by atoms with Crippen LogP contribution in [0.2, 0.25) is 0 Å². The van der Waals surface area contributed by atoms with Gasteiger partial charge in [0.05, 0.1) is 20.1 Å². The summed E-state index contributed by atoms with van der Waals surface area (Å²) >= 11 is 0. The normalized spacial score (nSPS) is 15.2. The maximum Gasteiger partial charge on any atom is 0.308 e. The van der Waals surface area contributed by atoms with Gasteiger partial charge in [-0.15, -0.1) is 0 Å². The van der Waals surface area contributed by atoms with Gasteiger partial charge < -0.3 is 25.0 Å². The van der Waals surface area contributed by atoms with E-state index in [1.807, 2.05) is 0 Å². The molecular weight excluding hydrogens is 348 g/mol. The summed E-state index contributed by atoms with van der Waals surface area (Å²) in [6, 6.07) is 6.97. The molecule has 1 aromatic carbocycles. The summed E-state index contributed by atoms with van der Waals surface area (Å²) in [5.41, 5.74) is 0.588. The van der Waals surface area contributed by atoms with Crippen LogP contribution in [0.1, 0.15) is 23.2 Å². The molecule has 1 amide bonds. The third-order valence-corrected chi connectivity index (χ3v) is 4.59. The standard InChI is InChI=1S/C19H28N4O4/c1-20-19(23-12-8-15(9-13-23)18(25)27-3)22-11-10-21-17(24)14-4-6-16(26-2)7-5-14/h4-7,15H,8-13H2,1-3H3,(H,20,22)(H,21,24). The Balaban J connectivity index is 1.72. The van der Waals surface area contributed by atoms with Crippen LogP contribution in [0, 0.1) is 5.92 Å². The fraction of sp³-hybridized carbons (Fsp3) is 0.526. The molecule has 2 rings (SSSR count). The highest BCUT2D eigenvalue weighted by Crippen LogP contribution is 2.18. The molecule has 2 N–H and O–H groups in total. The summed E-state index contributed by atoms with van der Waals surface area (Å²) in [5, 5.41) is 6.12. The summed E-state index contributed by atoms with van der Waals surface area (Å²) in [6.45, 7) is 2.53. The van der Waals surface area contributed by atoms with Gasteiger partial charge in [0.15, 0.2) is 5.96 Å². The summed E-state index contributed by atoms with van der Waals surface area (Å²) in [7, 11) is 4.74. The van der Waals surface area contributed by atoms with E-state index in [9.17, 15) is 9.59 Å². The molecule has 1 heterocycles. The van der Waals surface area contributed by atoms with E-state index >= 15 is 0 Å². The van der Waals surface area contributed by atoms with Gasteiger partial charge in [0.1, 0.15) is 5.75 Å². The van der Waals surface area contributed by atoms with Crippen molar-refractivity contribution in [3.8, 4) is 5.75 Å². The molecule has 0 bridgehead atoms. The zero-order chi connectivity index (χ0) is 19.6. The van der Waals surface area contributed by atoms with Crippen LogP contribution in [0.5, 0.6) is 5.75 Å². The number of carbonyl (C=O) groups is 2. The lowest BCUT2D eigenvalue weighted by molar-refractivity contribution is -0.146. The van der Waals surface area contributed by atoms with E-state index in [2.05, 4.69) is 20.5 Å². The Bertz CT molecular complexity index is 652. The molecule has 27 heavy (non-hydrogen) atoms. The van der Waals surface area contributed by atoms with Crippen LogP contribution in [-0.4, -0.2) is 70.2 Å². The largest absolute Gasteiger partial charge is 0.497 e. The van der Waals surface area contributed by atoms with Crippen molar-refractivity contribution in [2.75, 3.05) is 47.4 Å². The van der Waals surface area contributed by atoms with Gasteiger partial charge in [0.2, 0.25) is 0 Å². The average Bonchev–Trinajstić information content (AvgIpc) is 2.73. The number of likely N-dealkylation sites (tertiary alicyclic amines) is 1. The van der Waals surface area contributed by atoms with Crippen molar-refractivity contribution in [1.82, 2.24) is 15.5 Å². The van der Waals surface area contributed by atoms with Gasteiger partial charge in [0, 0.05) is 38.8 Å². The van der Waals surface area contributed by atoms with Crippen LogP contribution < -0.4 is 15.4 Å². The molecule has 0 aliphatic carbocycles. The highest BCUT2D eigenvalue weighted by atomic mass is 16.5. The minimum Gasteiger partial charge on any atom is -0.497 e. The third-order valence-electron chi connectivity index (χ3n) is 4.59. The Hall–Kier alpha value is -2.77. The van der Waals surface area contributed by atoms with Crippen LogP contribution in [0.4, 0.5) is 0 Å². The number of aliphatic imine (C=N–C) groups is 1. The fourth-order valence-electron chi connectivity index (χ4n) is 3.02. The number of carbonyl (C=O) groups excluding carboxylic acids is 2. The minimum atomic E-state index is -0.140. The van der Waals surface area contributed by atoms with E-state index < -0.39 is 0 Å². The second-order valence-electron chi connectivity index (χ2n) is 6.24. The maximum atomic E-state index is 12.1. The van der Waals surface area contributed by atoms with Crippen LogP contribution >= 0.6 is 0 Å². The first-order valence-electron chi connectivity index (χ1n) is 9.04. The van der Waals surface area contributed by atoms with E-state index in [4.69, 9.17) is 9.47 Å². The predicted molar refractivity (Wildman–Crippen MR) is 103 cm³/mol. The maximum absolute atomic E-state index is 12.1. The number of ether oxygens (including phenoxy) is 2. The highest BCUT2D eigenvalue weighted by Gasteiger charge is 2.26. The number of amides is 1. The number of nitrogens with one attached hydrogen (secondary N) is 2. The quantitative estimate of drug-likeness (QED) is 0.332. The summed E-state index contributed by atoms with van der Waals surface area (Å²) < 4.78 is 9.90. The molecule has 0 radical (unpaired) electrons. The SMILES string of the molecule is CN=C(NCCNC(=O)c1ccc(OC)cc1)N1CCC(C(=O)OC)CC1. The Kier molecular flexibility index (Phi) is 7.91. The van der Waals surface area contributed by atoms with Crippen LogP contribution in [0.3, 0.4) is 0 Å². The first-order chi connectivity index (χ1) is 13.1. The number of piperidine rings is 1. The van der Waals surface area contributed by atoms with Crippen LogP contribution in [0.15, 0.2) is 29.3 Å². The van der Waals surface area contributed by atoms with Gasteiger partial charge in [-0.2, -0.15) is 0 Å². The number of hydrogen-bond donors (Lipinski definition) is 2. The van der Waals surface area contributed by atoms with E-state index in [0.717, 1.165) is 31.9 Å². The summed E-state index contributed by atoms with van der Waals surface area (Å²) in [6.07, 6.45) is 1.50. The monoisotopic (exact) mass is 376 g/mol. The van der Waals surface area contributed by atoms with E-state index in [1.165, 1.54) is 7.11 Å². The molecule has 0 spiro atoms. The number of guanidine groups is 1. The Morgan fingerprint density at radius 2 is 1.74 bits per heavy atom. The first kappa shape index (κ1) is 20.5. The van der Waals surface area contributed by atoms with Crippen molar-refractivity contribution in [1.29, 1.82) is 0 Å². The number of benzene rings is 1.